The van der Waals surface area contributed by atoms with Crippen LogP contribution < -0.4 is 5.46 Å². The number of benzene rings is 2. The van der Waals surface area contributed by atoms with Crippen LogP contribution in [0.4, 0.5) is 0 Å². The Labute approximate surface area is 112 Å². The molecule has 0 aliphatic carbocycles. The Kier molecular flexibility index (Phi) is 2.66. The summed E-state index contributed by atoms with van der Waals surface area (Å²) < 4.78 is 2.17. The quantitative estimate of drug-likeness (QED) is 0.647. The SMILES string of the molecule is Cc1ccc(C)c2c1c1cc(B(O)O)ccc1n2C. The van der Waals surface area contributed by atoms with E-state index in [9.17, 15) is 10.0 Å². The van der Waals surface area contributed by atoms with Gasteiger partial charge in [0.05, 0.1) is 5.52 Å². The van der Waals surface area contributed by atoms with Gasteiger partial charge >= 0.3 is 7.12 Å². The fourth-order valence-electron chi connectivity index (χ4n) is 2.90. The lowest BCUT2D eigenvalue weighted by molar-refractivity contribution is 0.426. The summed E-state index contributed by atoms with van der Waals surface area (Å²) in [6.45, 7) is 4.19. The molecule has 0 atom stereocenters. The van der Waals surface area contributed by atoms with Crippen LogP contribution in [0.2, 0.25) is 0 Å². The van der Waals surface area contributed by atoms with E-state index in [1.807, 2.05) is 19.2 Å². The van der Waals surface area contributed by atoms with E-state index in [4.69, 9.17) is 0 Å². The maximum Gasteiger partial charge on any atom is 0.488 e. The van der Waals surface area contributed by atoms with Crippen LogP contribution in [0.3, 0.4) is 0 Å². The maximum atomic E-state index is 9.33. The number of hydrogen-bond donors (Lipinski definition) is 2. The first-order chi connectivity index (χ1) is 9.00. The Morgan fingerprint density at radius 3 is 2.37 bits per heavy atom. The Hall–Kier alpha value is -1.78. The molecule has 0 aliphatic rings. The average Bonchev–Trinajstić information content (AvgIpc) is 2.68. The van der Waals surface area contributed by atoms with Crippen molar-refractivity contribution in [1.29, 1.82) is 0 Å². The molecule has 0 radical (unpaired) electrons. The molecule has 1 aromatic heterocycles. The Morgan fingerprint density at radius 2 is 1.68 bits per heavy atom. The fourth-order valence-corrected chi connectivity index (χ4v) is 2.90. The van der Waals surface area contributed by atoms with Gasteiger partial charge < -0.3 is 14.6 Å². The highest BCUT2D eigenvalue weighted by atomic mass is 16.4. The first-order valence-corrected chi connectivity index (χ1v) is 6.35. The Morgan fingerprint density at radius 1 is 1.00 bits per heavy atom. The molecule has 4 heteroatoms. The second-order valence-corrected chi connectivity index (χ2v) is 5.13. The van der Waals surface area contributed by atoms with Gasteiger partial charge in [-0.2, -0.15) is 0 Å². The van der Waals surface area contributed by atoms with Crippen LogP contribution in [-0.4, -0.2) is 21.7 Å². The summed E-state index contributed by atoms with van der Waals surface area (Å²) in [6, 6.07) is 9.81. The number of aromatic nitrogens is 1. The average molecular weight is 253 g/mol. The van der Waals surface area contributed by atoms with Crippen molar-refractivity contribution in [3.05, 3.63) is 41.5 Å². The predicted molar refractivity (Wildman–Crippen MR) is 79.7 cm³/mol. The second-order valence-electron chi connectivity index (χ2n) is 5.13. The lowest BCUT2D eigenvalue weighted by Crippen LogP contribution is -2.29. The first-order valence-electron chi connectivity index (χ1n) is 6.35. The Balaban J connectivity index is 2.54. The van der Waals surface area contributed by atoms with Crippen molar-refractivity contribution in [2.24, 2.45) is 7.05 Å². The maximum absolute atomic E-state index is 9.33. The number of fused-ring (bicyclic) bond motifs is 3. The van der Waals surface area contributed by atoms with Crippen LogP contribution in [0.1, 0.15) is 11.1 Å². The number of rotatable bonds is 1. The van der Waals surface area contributed by atoms with E-state index in [0.717, 1.165) is 10.9 Å². The van der Waals surface area contributed by atoms with Gasteiger partial charge in [-0.3, -0.25) is 0 Å². The molecule has 0 amide bonds. The van der Waals surface area contributed by atoms with Gasteiger partial charge in [-0.1, -0.05) is 24.3 Å². The minimum atomic E-state index is -1.43. The molecule has 3 nitrogen and oxygen atoms in total. The van der Waals surface area contributed by atoms with E-state index >= 15 is 0 Å². The molecule has 3 rings (SSSR count). The molecule has 19 heavy (non-hydrogen) atoms. The van der Waals surface area contributed by atoms with Crippen LogP contribution in [0.25, 0.3) is 21.8 Å². The third-order valence-corrected chi connectivity index (χ3v) is 3.87. The zero-order valence-electron chi connectivity index (χ0n) is 11.3. The first kappa shape index (κ1) is 12.3. The normalized spacial score (nSPS) is 11.4. The summed E-state index contributed by atoms with van der Waals surface area (Å²) in [6.07, 6.45) is 0. The lowest BCUT2D eigenvalue weighted by atomic mass is 9.79. The molecule has 0 saturated heterocycles. The van der Waals surface area contributed by atoms with Crippen LogP contribution in [0, 0.1) is 13.8 Å². The molecule has 3 aromatic rings. The van der Waals surface area contributed by atoms with Gasteiger partial charge in [0.2, 0.25) is 0 Å². The third kappa shape index (κ3) is 1.68. The molecule has 0 aliphatic heterocycles. The van der Waals surface area contributed by atoms with Crippen molar-refractivity contribution in [2.75, 3.05) is 0 Å². The zero-order chi connectivity index (χ0) is 13.7. The minimum absolute atomic E-state index is 0.529. The number of hydrogen-bond acceptors (Lipinski definition) is 2. The summed E-state index contributed by atoms with van der Waals surface area (Å²) in [5, 5.41) is 20.9. The molecule has 0 spiro atoms. The van der Waals surface area contributed by atoms with Crippen molar-refractivity contribution in [2.45, 2.75) is 13.8 Å². The topological polar surface area (TPSA) is 45.4 Å². The monoisotopic (exact) mass is 253 g/mol. The summed E-state index contributed by atoms with van der Waals surface area (Å²) in [7, 11) is 0.622. The third-order valence-electron chi connectivity index (χ3n) is 3.87. The number of nitrogens with zero attached hydrogens (tertiary/aromatic N) is 1. The minimum Gasteiger partial charge on any atom is -0.423 e. The van der Waals surface area contributed by atoms with E-state index in [1.54, 1.807) is 6.07 Å². The molecule has 0 saturated carbocycles. The molecule has 0 bridgehead atoms. The van der Waals surface area contributed by atoms with Gasteiger partial charge in [0.25, 0.3) is 0 Å². The highest BCUT2D eigenvalue weighted by molar-refractivity contribution is 6.59. The Bertz CT molecular complexity index is 790. The van der Waals surface area contributed by atoms with E-state index in [0.29, 0.717) is 5.46 Å². The van der Waals surface area contributed by atoms with Crippen molar-refractivity contribution in [3.63, 3.8) is 0 Å². The van der Waals surface area contributed by atoms with Crippen molar-refractivity contribution in [1.82, 2.24) is 4.57 Å². The summed E-state index contributed by atoms with van der Waals surface area (Å²) in [4.78, 5) is 0. The van der Waals surface area contributed by atoms with Crippen molar-refractivity contribution < 1.29 is 10.0 Å². The number of aryl methyl sites for hydroxylation is 3. The van der Waals surface area contributed by atoms with Gasteiger partial charge in [0, 0.05) is 23.3 Å². The van der Waals surface area contributed by atoms with E-state index < -0.39 is 7.12 Å². The van der Waals surface area contributed by atoms with Gasteiger partial charge in [-0.15, -0.1) is 0 Å². The molecule has 0 unspecified atom stereocenters. The van der Waals surface area contributed by atoms with Crippen LogP contribution in [0.15, 0.2) is 30.3 Å². The highest BCUT2D eigenvalue weighted by Crippen LogP contribution is 2.32. The van der Waals surface area contributed by atoms with Gasteiger partial charge in [0.1, 0.15) is 0 Å². The van der Waals surface area contributed by atoms with Crippen molar-refractivity contribution in [3.8, 4) is 0 Å². The van der Waals surface area contributed by atoms with Gasteiger partial charge in [0.15, 0.2) is 0 Å². The fraction of sp³-hybridized carbons (Fsp3) is 0.200. The van der Waals surface area contributed by atoms with Crippen LogP contribution in [-0.2, 0) is 7.05 Å². The molecule has 1 heterocycles. The largest absolute Gasteiger partial charge is 0.488 e. The molecule has 96 valence electrons. The second kappa shape index (κ2) is 4.12. The van der Waals surface area contributed by atoms with Crippen LogP contribution in [0.5, 0.6) is 0 Å². The molecule has 2 N–H and O–H groups in total. The van der Waals surface area contributed by atoms with Gasteiger partial charge in [-0.05, 0) is 36.5 Å². The van der Waals surface area contributed by atoms with Crippen molar-refractivity contribution >= 4 is 34.4 Å². The van der Waals surface area contributed by atoms with Gasteiger partial charge in [-0.25, -0.2) is 0 Å². The lowest BCUT2D eigenvalue weighted by Gasteiger charge is -2.03. The molecule has 0 fully saturated rings. The molecular formula is C15H16BNO2. The summed E-state index contributed by atoms with van der Waals surface area (Å²) in [5.41, 5.74) is 5.28. The zero-order valence-corrected chi connectivity index (χ0v) is 11.3. The molecular weight excluding hydrogens is 237 g/mol. The van der Waals surface area contributed by atoms with E-state index in [1.165, 1.54) is 22.0 Å². The van der Waals surface area contributed by atoms with E-state index in [2.05, 4.69) is 30.5 Å². The molecule has 2 aromatic carbocycles. The highest BCUT2D eigenvalue weighted by Gasteiger charge is 2.16. The summed E-state index contributed by atoms with van der Waals surface area (Å²) >= 11 is 0. The summed E-state index contributed by atoms with van der Waals surface area (Å²) in [5.74, 6) is 0. The van der Waals surface area contributed by atoms with Crippen LogP contribution >= 0.6 is 0 Å². The van der Waals surface area contributed by atoms with E-state index in [-0.39, 0.29) is 0 Å². The smallest absolute Gasteiger partial charge is 0.423 e. The standard InChI is InChI=1S/C15H16BNO2/c1-9-4-5-10(2)15-14(9)12-8-11(16(18)19)6-7-13(12)17(15)3/h4-8,18-19H,1-3H3. The predicted octanol–water partition coefficient (Wildman–Crippen LogP) is 1.63.